The van der Waals surface area contributed by atoms with Crippen molar-refractivity contribution in [3.8, 4) is 0 Å². The lowest BCUT2D eigenvalue weighted by Gasteiger charge is -2.00. The van der Waals surface area contributed by atoms with Crippen LogP contribution in [0.1, 0.15) is 0 Å². The number of allylic oxidation sites excluding steroid dienone is 2. The minimum Gasteiger partial charge on any atom is -0.358 e. The van der Waals surface area contributed by atoms with E-state index in [1.165, 1.54) is 18.4 Å². The fraction of sp³-hybridized carbons (Fsp3) is 0. The molecule has 0 bridgehead atoms. The molecule has 0 unspecified atom stereocenters. The Balaban J connectivity index is 2.68. The van der Waals surface area contributed by atoms with Crippen molar-refractivity contribution >= 4 is 0 Å². The van der Waals surface area contributed by atoms with Gasteiger partial charge in [-0.2, -0.15) is 0 Å². The Morgan fingerprint density at radius 1 is 1.78 bits per heavy atom. The van der Waals surface area contributed by atoms with Gasteiger partial charge in [0.05, 0.1) is 6.20 Å². The first-order chi connectivity index (χ1) is 4.30. The summed E-state index contributed by atoms with van der Waals surface area (Å²) in [7, 11) is 0. The Kier molecular flexibility index (Phi) is 1.35. The van der Waals surface area contributed by atoms with Gasteiger partial charge in [-0.25, -0.2) is 0 Å². The van der Waals surface area contributed by atoms with Crippen LogP contribution in [-0.4, -0.2) is 4.92 Å². The van der Waals surface area contributed by atoms with E-state index in [1.807, 2.05) is 0 Å². The van der Waals surface area contributed by atoms with Gasteiger partial charge in [0.25, 0.3) is 0 Å². The molecule has 0 atom stereocenters. The largest absolute Gasteiger partial charge is 0.358 e. The highest BCUT2D eigenvalue weighted by atomic mass is 16.6. The monoisotopic (exact) mass is 126 g/mol. The molecule has 0 amide bonds. The predicted molar refractivity (Wildman–Crippen MR) is 29.5 cm³/mol. The molecule has 0 aromatic carbocycles. The summed E-state index contributed by atoms with van der Waals surface area (Å²) < 4.78 is 0. The molecule has 1 radical (unpaired) electrons. The highest BCUT2D eigenvalue weighted by Gasteiger charge is 2.07. The Labute approximate surface area is 51.2 Å². The first-order valence-corrected chi connectivity index (χ1v) is 2.28. The van der Waals surface area contributed by atoms with Crippen molar-refractivity contribution in [3.05, 3.63) is 34.3 Å². The van der Waals surface area contributed by atoms with E-state index in [9.17, 15) is 10.1 Å². The second-order valence-electron chi connectivity index (χ2n) is 1.39. The van der Waals surface area contributed by atoms with Crippen LogP contribution in [0.15, 0.2) is 24.2 Å². The van der Waals surface area contributed by atoms with Crippen LogP contribution in [0.2, 0.25) is 0 Å². The van der Waals surface area contributed by atoms with Crippen LogP contribution in [0.4, 0.5) is 0 Å². The van der Waals surface area contributed by atoms with E-state index in [1.54, 1.807) is 0 Å². The van der Waals surface area contributed by atoms with Crippen molar-refractivity contribution < 1.29 is 4.92 Å². The van der Waals surface area contributed by atoms with Crippen molar-refractivity contribution in [1.82, 2.24) is 10.9 Å². The molecule has 0 fully saturated rings. The van der Waals surface area contributed by atoms with Crippen molar-refractivity contribution in [2.24, 2.45) is 0 Å². The fourth-order valence-electron chi connectivity index (χ4n) is 0.420. The van der Waals surface area contributed by atoms with Gasteiger partial charge in [0.1, 0.15) is 0 Å². The first-order valence-electron chi connectivity index (χ1n) is 2.28. The van der Waals surface area contributed by atoms with Gasteiger partial charge in [0.15, 0.2) is 0 Å². The predicted octanol–water partition coefficient (Wildman–Crippen LogP) is -0.259. The lowest BCUT2D eigenvalue weighted by atomic mass is 10.5. The molecule has 0 saturated heterocycles. The van der Waals surface area contributed by atoms with Gasteiger partial charge in [-0.15, -0.1) is 5.43 Å². The normalized spacial score (nSPS) is 15.3. The molecule has 0 aromatic heterocycles. The second kappa shape index (κ2) is 2.17. The van der Waals surface area contributed by atoms with Crippen molar-refractivity contribution in [2.45, 2.75) is 0 Å². The zero-order chi connectivity index (χ0) is 6.69. The summed E-state index contributed by atoms with van der Waals surface area (Å²) in [6, 6.07) is 0. The summed E-state index contributed by atoms with van der Waals surface area (Å²) >= 11 is 0. The van der Waals surface area contributed by atoms with Crippen LogP contribution in [0.25, 0.3) is 0 Å². The summed E-state index contributed by atoms with van der Waals surface area (Å²) in [6.07, 6.45) is 4.27. The van der Waals surface area contributed by atoms with Gasteiger partial charge in [-0.3, -0.25) is 0 Å². The van der Waals surface area contributed by atoms with Gasteiger partial charge < -0.3 is 10.1 Å². The maximum atomic E-state index is 9.94. The summed E-state index contributed by atoms with van der Waals surface area (Å²) in [5.41, 5.74) is 5.66. The molecule has 1 rings (SSSR count). The molecule has 1 aliphatic rings. The summed E-state index contributed by atoms with van der Waals surface area (Å²) in [5, 5.41) is 9.94. The molecular weight excluding hydrogens is 122 g/mol. The maximum Gasteiger partial charge on any atom is 0.340 e. The van der Waals surface area contributed by atoms with Crippen LogP contribution in [0, 0.1) is 10.1 Å². The summed E-state index contributed by atoms with van der Waals surface area (Å²) in [5.74, 6) is -0.0995. The van der Waals surface area contributed by atoms with E-state index < -0.39 is 4.92 Å². The van der Waals surface area contributed by atoms with Crippen LogP contribution in [0.3, 0.4) is 0 Å². The molecule has 9 heavy (non-hydrogen) atoms. The SMILES string of the molecule is O=[N+]([O-])C1=CC=C[N]N1. The van der Waals surface area contributed by atoms with Gasteiger partial charge >= 0.3 is 5.82 Å². The average Bonchev–Trinajstić information content (AvgIpc) is 1.90. The zero-order valence-corrected chi connectivity index (χ0v) is 4.44. The Hall–Kier alpha value is -1.52. The Morgan fingerprint density at radius 2 is 2.56 bits per heavy atom. The fourth-order valence-corrected chi connectivity index (χ4v) is 0.420. The van der Waals surface area contributed by atoms with Gasteiger partial charge in [-0.05, 0) is 11.0 Å². The van der Waals surface area contributed by atoms with Crippen LogP contribution in [-0.2, 0) is 0 Å². The van der Waals surface area contributed by atoms with Crippen molar-refractivity contribution in [1.29, 1.82) is 0 Å². The highest BCUT2D eigenvalue weighted by molar-refractivity contribution is 5.08. The number of nitrogens with zero attached hydrogens (tertiary/aromatic N) is 2. The van der Waals surface area contributed by atoms with E-state index >= 15 is 0 Å². The Morgan fingerprint density at radius 3 is 2.89 bits per heavy atom. The van der Waals surface area contributed by atoms with Crippen LogP contribution >= 0.6 is 0 Å². The molecule has 0 spiro atoms. The molecule has 0 aliphatic carbocycles. The van der Waals surface area contributed by atoms with Gasteiger partial charge in [0, 0.05) is 6.08 Å². The molecule has 1 aliphatic heterocycles. The van der Waals surface area contributed by atoms with Gasteiger partial charge in [0.2, 0.25) is 0 Å². The highest BCUT2D eigenvalue weighted by Crippen LogP contribution is 1.92. The maximum absolute atomic E-state index is 9.94. The molecule has 47 valence electrons. The van der Waals surface area contributed by atoms with E-state index in [0.29, 0.717) is 0 Å². The molecule has 0 aromatic rings. The van der Waals surface area contributed by atoms with Crippen LogP contribution < -0.4 is 10.9 Å². The number of hydrogen-bond donors (Lipinski definition) is 1. The molecule has 5 heteroatoms. The minimum atomic E-state index is -0.535. The third-order valence-corrected chi connectivity index (χ3v) is 0.790. The topological polar surface area (TPSA) is 69.3 Å². The first kappa shape index (κ1) is 5.61. The summed E-state index contributed by atoms with van der Waals surface area (Å²) in [4.78, 5) is 9.40. The molecule has 1 N–H and O–H groups in total. The zero-order valence-electron chi connectivity index (χ0n) is 4.44. The number of nitro groups is 1. The van der Waals surface area contributed by atoms with E-state index in [-0.39, 0.29) is 5.82 Å². The third-order valence-electron chi connectivity index (χ3n) is 0.790. The average molecular weight is 126 g/mol. The number of rotatable bonds is 1. The minimum absolute atomic E-state index is 0.0995. The van der Waals surface area contributed by atoms with Crippen molar-refractivity contribution in [2.75, 3.05) is 0 Å². The standard InChI is InChI=1S/C4H4N3O2/c8-7(9)4-2-1-3-5-6-4/h1-3,6H. The van der Waals surface area contributed by atoms with E-state index in [0.717, 1.165) is 0 Å². The van der Waals surface area contributed by atoms with E-state index in [2.05, 4.69) is 10.9 Å². The molecule has 1 heterocycles. The lowest BCUT2D eigenvalue weighted by molar-refractivity contribution is -0.433. The van der Waals surface area contributed by atoms with E-state index in [4.69, 9.17) is 0 Å². The van der Waals surface area contributed by atoms with Gasteiger partial charge in [-0.1, -0.05) is 5.43 Å². The molecule has 0 saturated carbocycles. The smallest absolute Gasteiger partial charge is 0.340 e. The number of nitrogens with one attached hydrogen (secondary N) is 1. The quantitative estimate of drug-likeness (QED) is 0.388. The lowest BCUT2D eigenvalue weighted by Crippen LogP contribution is -2.26. The third kappa shape index (κ3) is 1.18. The number of hydrogen-bond acceptors (Lipinski definition) is 3. The van der Waals surface area contributed by atoms with Crippen molar-refractivity contribution in [3.63, 3.8) is 0 Å². The Bertz CT molecular complexity index is 184. The second-order valence-corrected chi connectivity index (χ2v) is 1.39. The van der Waals surface area contributed by atoms with Crippen LogP contribution in [0.5, 0.6) is 0 Å². The molecule has 5 nitrogen and oxygen atoms in total. The molecular formula is C4H4N3O2. The summed E-state index contributed by atoms with van der Waals surface area (Å²) in [6.45, 7) is 0.